The van der Waals surface area contributed by atoms with Gasteiger partial charge >= 0.3 is 0 Å². The van der Waals surface area contributed by atoms with Gasteiger partial charge in [0, 0.05) is 0 Å². The van der Waals surface area contributed by atoms with Crippen LogP contribution >= 0.6 is 0 Å². The van der Waals surface area contributed by atoms with Crippen LogP contribution in [-0.4, -0.2) is 18.0 Å². The lowest BCUT2D eigenvalue weighted by molar-refractivity contribution is 0.262. The van der Waals surface area contributed by atoms with Gasteiger partial charge in [-0.2, -0.15) is 5.26 Å². The van der Waals surface area contributed by atoms with Gasteiger partial charge in [0.15, 0.2) is 0 Å². The van der Waals surface area contributed by atoms with Gasteiger partial charge in [0.25, 0.3) is 0 Å². The average molecular weight is 188 g/mol. The van der Waals surface area contributed by atoms with Crippen LogP contribution in [0.1, 0.15) is 25.5 Å². The fourth-order valence-corrected chi connectivity index (χ4v) is 1.59. The van der Waals surface area contributed by atoms with Crippen LogP contribution in [0.15, 0.2) is 30.3 Å². The Balaban J connectivity index is 2.88. The van der Waals surface area contributed by atoms with Crippen LogP contribution in [0, 0.1) is 11.3 Å². The molecule has 0 aromatic heterocycles. The first-order chi connectivity index (χ1) is 6.83. The Hall–Kier alpha value is -1.33. The van der Waals surface area contributed by atoms with E-state index in [0.29, 0.717) is 0 Å². The Kier molecular flexibility index (Phi) is 4.15. The minimum absolute atomic E-state index is 0.105. The van der Waals surface area contributed by atoms with Crippen LogP contribution in [0.2, 0.25) is 0 Å². The number of hydrogen-bond acceptors (Lipinski definition) is 2. The standard InChI is InChI=1S/C12H16N2/c1-3-14(4-2)12(10-13)11-8-6-5-7-9-11/h5-9,12H,3-4H2,1-2H3/t12-/m0/s1. The third kappa shape index (κ3) is 2.34. The Morgan fingerprint density at radius 2 is 1.79 bits per heavy atom. The van der Waals surface area contributed by atoms with Crippen molar-refractivity contribution < 1.29 is 0 Å². The topological polar surface area (TPSA) is 27.0 Å². The lowest BCUT2D eigenvalue weighted by Crippen LogP contribution is -2.27. The summed E-state index contributed by atoms with van der Waals surface area (Å²) in [5.74, 6) is 0. The van der Waals surface area contributed by atoms with Crippen LogP contribution in [0.25, 0.3) is 0 Å². The van der Waals surface area contributed by atoms with Crippen LogP contribution in [-0.2, 0) is 0 Å². The third-order valence-electron chi connectivity index (χ3n) is 2.42. The largest absolute Gasteiger partial charge is 0.285 e. The molecule has 0 aliphatic rings. The van der Waals surface area contributed by atoms with Crippen LogP contribution in [0.5, 0.6) is 0 Å². The predicted molar refractivity (Wildman–Crippen MR) is 57.7 cm³/mol. The molecule has 2 heteroatoms. The van der Waals surface area contributed by atoms with Gasteiger partial charge in [-0.25, -0.2) is 0 Å². The van der Waals surface area contributed by atoms with Crippen molar-refractivity contribution >= 4 is 0 Å². The first-order valence-electron chi connectivity index (χ1n) is 5.02. The molecule has 1 rings (SSSR count). The second-order valence-corrected chi connectivity index (χ2v) is 3.16. The Bertz CT molecular complexity index is 296. The van der Waals surface area contributed by atoms with Gasteiger partial charge < -0.3 is 0 Å². The highest BCUT2D eigenvalue weighted by Gasteiger charge is 2.15. The maximum absolute atomic E-state index is 9.12. The van der Waals surface area contributed by atoms with E-state index < -0.39 is 0 Å². The molecule has 0 spiro atoms. The molecule has 0 amide bonds. The number of rotatable bonds is 4. The Labute approximate surface area is 85.8 Å². The minimum atomic E-state index is -0.105. The van der Waals surface area contributed by atoms with Crippen LogP contribution in [0.4, 0.5) is 0 Å². The van der Waals surface area contributed by atoms with Gasteiger partial charge in [-0.05, 0) is 18.7 Å². The van der Waals surface area contributed by atoms with Gasteiger partial charge in [-0.1, -0.05) is 44.2 Å². The fraction of sp³-hybridized carbons (Fsp3) is 0.417. The molecule has 0 aliphatic carbocycles. The summed E-state index contributed by atoms with van der Waals surface area (Å²) < 4.78 is 0. The van der Waals surface area contributed by atoms with Crippen molar-refractivity contribution in [3.8, 4) is 6.07 Å². The van der Waals surface area contributed by atoms with Crippen molar-refractivity contribution in [2.24, 2.45) is 0 Å². The second kappa shape index (κ2) is 5.41. The van der Waals surface area contributed by atoms with Crippen molar-refractivity contribution in [1.82, 2.24) is 4.90 Å². The number of benzene rings is 1. The minimum Gasteiger partial charge on any atom is -0.285 e. The van der Waals surface area contributed by atoms with Crippen molar-refractivity contribution in [3.63, 3.8) is 0 Å². The van der Waals surface area contributed by atoms with E-state index in [9.17, 15) is 0 Å². The van der Waals surface area contributed by atoms with Crippen molar-refractivity contribution in [3.05, 3.63) is 35.9 Å². The normalized spacial score (nSPS) is 12.4. The molecule has 0 unspecified atom stereocenters. The zero-order valence-corrected chi connectivity index (χ0v) is 8.77. The summed E-state index contributed by atoms with van der Waals surface area (Å²) in [6.07, 6.45) is 0. The highest BCUT2D eigenvalue weighted by molar-refractivity contribution is 5.23. The van der Waals surface area contributed by atoms with Crippen molar-refractivity contribution in [2.75, 3.05) is 13.1 Å². The molecular formula is C12H16N2. The first kappa shape index (κ1) is 10.7. The number of hydrogen-bond donors (Lipinski definition) is 0. The molecular weight excluding hydrogens is 172 g/mol. The second-order valence-electron chi connectivity index (χ2n) is 3.16. The van der Waals surface area contributed by atoms with E-state index in [4.69, 9.17) is 5.26 Å². The molecule has 1 aromatic rings. The average Bonchev–Trinajstić information content (AvgIpc) is 2.27. The highest BCUT2D eigenvalue weighted by Crippen LogP contribution is 2.18. The van der Waals surface area contributed by atoms with E-state index in [1.165, 1.54) is 0 Å². The van der Waals surface area contributed by atoms with Crippen molar-refractivity contribution in [1.29, 1.82) is 5.26 Å². The van der Waals surface area contributed by atoms with E-state index >= 15 is 0 Å². The summed E-state index contributed by atoms with van der Waals surface area (Å²) >= 11 is 0. The molecule has 74 valence electrons. The van der Waals surface area contributed by atoms with Gasteiger partial charge in [0.2, 0.25) is 0 Å². The SMILES string of the molecule is CCN(CC)[C@@H](C#N)c1ccccc1. The molecule has 2 nitrogen and oxygen atoms in total. The molecule has 0 N–H and O–H groups in total. The van der Waals surface area contributed by atoms with Gasteiger partial charge in [-0.3, -0.25) is 4.90 Å². The molecule has 0 saturated carbocycles. The van der Waals surface area contributed by atoms with Crippen LogP contribution < -0.4 is 0 Å². The number of nitriles is 1. The molecule has 0 radical (unpaired) electrons. The molecule has 0 bridgehead atoms. The Morgan fingerprint density at radius 1 is 1.21 bits per heavy atom. The molecule has 1 atom stereocenters. The fourth-order valence-electron chi connectivity index (χ4n) is 1.59. The Morgan fingerprint density at radius 3 is 2.21 bits per heavy atom. The molecule has 0 heterocycles. The molecule has 1 aromatic carbocycles. The third-order valence-corrected chi connectivity index (χ3v) is 2.42. The summed E-state index contributed by atoms with van der Waals surface area (Å²) in [5, 5.41) is 9.12. The van der Waals surface area contributed by atoms with E-state index in [-0.39, 0.29) is 6.04 Å². The lowest BCUT2D eigenvalue weighted by atomic mass is 10.1. The maximum atomic E-state index is 9.12. The van der Waals surface area contributed by atoms with Gasteiger partial charge in [0.1, 0.15) is 6.04 Å². The maximum Gasteiger partial charge on any atom is 0.123 e. The molecule has 0 saturated heterocycles. The van der Waals surface area contributed by atoms with Crippen molar-refractivity contribution in [2.45, 2.75) is 19.9 Å². The molecule has 0 fully saturated rings. The smallest absolute Gasteiger partial charge is 0.123 e. The monoisotopic (exact) mass is 188 g/mol. The van der Waals surface area contributed by atoms with Gasteiger partial charge in [0.05, 0.1) is 6.07 Å². The summed E-state index contributed by atoms with van der Waals surface area (Å²) in [4.78, 5) is 2.15. The summed E-state index contributed by atoms with van der Waals surface area (Å²) in [6.45, 7) is 5.97. The summed E-state index contributed by atoms with van der Waals surface area (Å²) in [5.41, 5.74) is 1.08. The zero-order chi connectivity index (χ0) is 10.4. The van der Waals surface area contributed by atoms with E-state index in [0.717, 1.165) is 18.7 Å². The number of nitrogens with zero attached hydrogens (tertiary/aromatic N) is 2. The predicted octanol–water partition coefficient (Wildman–Crippen LogP) is 2.59. The highest BCUT2D eigenvalue weighted by atomic mass is 15.1. The summed E-state index contributed by atoms with van der Waals surface area (Å²) in [7, 11) is 0. The molecule has 14 heavy (non-hydrogen) atoms. The summed E-state index contributed by atoms with van der Waals surface area (Å²) in [6, 6.07) is 12.2. The molecule has 0 aliphatic heterocycles. The van der Waals surface area contributed by atoms with Gasteiger partial charge in [-0.15, -0.1) is 0 Å². The van der Waals surface area contributed by atoms with E-state index in [2.05, 4.69) is 24.8 Å². The quantitative estimate of drug-likeness (QED) is 0.726. The van der Waals surface area contributed by atoms with Crippen LogP contribution in [0.3, 0.4) is 0 Å². The lowest BCUT2D eigenvalue weighted by Gasteiger charge is -2.24. The van der Waals surface area contributed by atoms with E-state index in [1.807, 2.05) is 30.3 Å². The first-order valence-corrected chi connectivity index (χ1v) is 5.02. The van der Waals surface area contributed by atoms with E-state index in [1.54, 1.807) is 0 Å². The zero-order valence-electron chi connectivity index (χ0n) is 8.77.